The lowest BCUT2D eigenvalue weighted by molar-refractivity contribution is -0.113. The standard InChI is InChI=1S/C22H18N4O5S/c1-28-16-7-5-15(6-8-16)26-21(18-3-2-10-29-18)24-25-22(26)32-12-20(27)23-14-4-9-17-19(11-14)31-13-30-17/h2-11H,12-13H2,1H3,(H,23,27). The highest BCUT2D eigenvalue weighted by Crippen LogP contribution is 2.34. The number of hydrogen-bond acceptors (Lipinski definition) is 8. The van der Waals surface area contributed by atoms with Gasteiger partial charge in [-0.2, -0.15) is 0 Å². The van der Waals surface area contributed by atoms with Crippen LogP contribution in [0.25, 0.3) is 17.3 Å². The minimum Gasteiger partial charge on any atom is -0.497 e. The fraction of sp³-hybridized carbons (Fsp3) is 0.136. The van der Waals surface area contributed by atoms with E-state index in [4.69, 9.17) is 18.6 Å². The molecule has 1 amide bonds. The van der Waals surface area contributed by atoms with Gasteiger partial charge in [-0.15, -0.1) is 10.2 Å². The fourth-order valence-corrected chi connectivity index (χ4v) is 3.95. The molecule has 3 heterocycles. The third kappa shape index (κ3) is 4.00. The van der Waals surface area contributed by atoms with Crippen molar-refractivity contribution in [3.8, 4) is 34.5 Å². The lowest BCUT2D eigenvalue weighted by Gasteiger charge is -2.10. The van der Waals surface area contributed by atoms with E-state index in [-0.39, 0.29) is 18.5 Å². The van der Waals surface area contributed by atoms with Gasteiger partial charge in [-0.25, -0.2) is 0 Å². The molecule has 0 saturated carbocycles. The maximum atomic E-state index is 12.6. The Morgan fingerprint density at radius 1 is 1.12 bits per heavy atom. The minimum atomic E-state index is -0.183. The molecule has 2 aromatic heterocycles. The Labute approximate surface area is 187 Å². The number of rotatable bonds is 7. The van der Waals surface area contributed by atoms with Gasteiger partial charge in [0.1, 0.15) is 5.75 Å². The lowest BCUT2D eigenvalue weighted by atomic mass is 10.3. The number of nitrogens with one attached hydrogen (secondary N) is 1. The van der Waals surface area contributed by atoms with Gasteiger partial charge < -0.3 is 23.9 Å². The van der Waals surface area contributed by atoms with Crippen molar-refractivity contribution in [2.45, 2.75) is 5.16 Å². The van der Waals surface area contributed by atoms with Crippen molar-refractivity contribution in [2.75, 3.05) is 25.0 Å². The van der Waals surface area contributed by atoms with Gasteiger partial charge in [0.25, 0.3) is 0 Å². The molecule has 162 valence electrons. The summed E-state index contributed by atoms with van der Waals surface area (Å²) in [6.07, 6.45) is 1.58. The second-order valence-corrected chi connectivity index (χ2v) is 7.66. The zero-order valence-electron chi connectivity index (χ0n) is 17.0. The molecule has 0 atom stereocenters. The first-order chi connectivity index (χ1) is 15.7. The molecule has 4 aromatic rings. The molecule has 0 aliphatic carbocycles. The molecule has 2 aromatic carbocycles. The molecule has 9 nitrogen and oxygen atoms in total. The van der Waals surface area contributed by atoms with Crippen molar-refractivity contribution in [3.05, 3.63) is 60.9 Å². The summed E-state index contributed by atoms with van der Waals surface area (Å²) in [5.41, 5.74) is 1.45. The first-order valence-corrected chi connectivity index (χ1v) is 10.7. The van der Waals surface area contributed by atoms with Crippen molar-refractivity contribution in [1.82, 2.24) is 14.8 Å². The van der Waals surface area contributed by atoms with Crippen LogP contribution in [0.15, 0.2) is 70.4 Å². The van der Waals surface area contributed by atoms with E-state index in [0.29, 0.717) is 33.9 Å². The molecule has 0 saturated heterocycles. The highest BCUT2D eigenvalue weighted by atomic mass is 32.2. The summed E-state index contributed by atoms with van der Waals surface area (Å²) in [6.45, 7) is 0.182. The Balaban J connectivity index is 1.35. The van der Waals surface area contributed by atoms with Crippen molar-refractivity contribution in [2.24, 2.45) is 0 Å². The Morgan fingerprint density at radius 3 is 2.75 bits per heavy atom. The van der Waals surface area contributed by atoms with Crippen LogP contribution in [0.5, 0.6) is 17.2 Å². The lowest BCUT2D eigenvalue weighted by Crippen LogP contribution is -2.14. The molecule has 1 aliphatic heterocycles. The van der Waals surface area contributed by atoms with Crippen LogP contribution < -0.4 is 19.5 Å². The molecule has 5 rings (SSSR count). The molecule has 0 radical (unpaired) electrons. The summed E-state index contributed by atoms with van der Waals surface area (Å²) in [4.78, 5) is 12.6. The minimum absolute atomic E-state index is 0.140. The maximum absolute atomic E-state index is 12.6. The Morgan fingerprint density at radius 2 is 1.97 bits per heavy atom. The van der Waals surface area contributed by atoms with Crippen LogP contribution in [0, 0.1) is 0 Å². The van der Waals surface area contributed by atoms with E-state index in [1.807, 2.05) is 34.9 Å². The quantitative estimate of drug-likeness (QED) is 0.422. The number of amides is 1. The first kappa shape index (κ1) is 20.0. The van der Waals surface area contributed by atoms with E-state index < -0.39 is 0 Å². The summed E-state index contributed by atoms with van der Waals surface area (Å²) in [5.74, 6) is 3.08. The van der Waals surface area contributed by atoms with E-state index in [1.54, 1.807) is 37.6 Å². The van der Waals surface area contributed by atoms with Crippen LogP contribution in [-0.4, -0.2) is 40.3 Å². The number of methoxy groups -OCH3 is 1. The molecule has 0 unspecified atom stereocenters. The van der Waals surface area contributed by atoms with E-state index in [2.05, 4.69) is 15.5 Å². The third-order valence-corrected chi connectivity index (χ3v) is 5.62. The predicted octanol–water partition coefficient (Wildman–Crippen LogP) is 4.00. The molecule has 0 fully saturated rings. The van der Waals surface area contributed by atoms with Gasteiger partial charge in [-0.3, -0.25) is 9.36 Å². The molecule has 10 heteroatoms. The average Bonchev–Trinajstić information content (AvgIpc) is 3.58. The van der Waals surface area contributed by atoms with E-state index in [1.165, 1.54) is 11.8 Å². The normalized spacial score (nSPS) is 12.0. The summed E-state index contributed by atoms with van der Waals surface area (Å²) in [5, 5.41) is 12.0. The number of aromatic nitrogens is 3. The molecule has 1 aliphatic rings. The van der Waals surface area contributed by atoms with Crippen molar-refractivity contribution < 1.29 is 23.4 Å². The number of nitrogens with zero attached hydrogens (tertiary/aromatic N) is 3. The van der Waals surface area contributed by atoms with Gasteiger partial charge in [0, 0.05) is 11.8 Å². The average molecular weight is 450 g/mol. The Bertz CT molecular complexity index is 1240. The second kappa shape index (κ2) is 8.67. The highest BCUT2D eigenvalue weighted by molar-refractivity contribution is 7.99. The first-order valence-electron chi connectivity index (χ1n) is 9.67. The zero-order chi connectivity index (χ0) is 21.9. The molecule has 32 heavy (non-hydrogen) atoms. The maximum Gasteiger partial charge on any atom is 0.234 e. The molecule has 1 N–H and O–H groups in total. The van der Waals surface area contributed by atoms with Gasteiger partial charge >= 0.3 is 0 Å². The molecule has 0 spiro atoms. The van der Waals surface area contributed by atoms with Gasteiger partial charge in [-0.1, -0.05) is 11.8 Å². The Hall–Kier alpha value is -3.92. The second-order valence-electron chi connectivity index (χ2n) is 6.72. The number of benzene rings is 2. The van der Waals surface area contributed by atoms with Gasteiger partial charge in [0.2, 0.25) is 18.5 Å². The smallest absolute Gasteiger partial charge is 0.234 e. The predicted molar refractivity (Wildman–Crippen MR) is 118 cm³/mol. The van der Waals surface area contributed by atoms with Crippen LogP contribution in [0.1, 0.15) is 0 Å². The number of thioether (sulfide) groups is 1. The van der Waals surface area contributed by atoms with Crippen molar-refractivity contribution in [1.29, 1.82) is 0 Å². The number of hydrogen-bond donors (Lipinski definition) is 1. The third-order valence-electron chi connectivity index (χ3n) is 4.69. The number of furan rings is 1. The monoisotopic (exact) mass is 450 g/mol. The number of fused-ring (bicyclic) bond motifs is 1. The Kier molecular flexibility index (Phi) is 5.42. The van der Waals surface area contributed by atoms with Gasteiger partial charge in [-0.05, 0) is 48.5 Å². The SMILES string of the molecule is COc1ccc(-n2c(SCC(=O)Nc3ccc4c(c3)OCO4)nnc2-c2ccco2)cc1. The molecular formula is C22H18N4O5S. The van der Waals surface area contributed by atoms with E-state index >= 15 is 0 Å². The topological polar surface area (TPSA) is 101 Å². The van der Waals surface area contributed by atoms with Crippen LogP contribution in [0.4, 0.5) is 5.69 Å². The van der Waals surface area contributed by atoms with E-state index in [9.17, 15) is 4.79 Å². The van der Waals surface area contributed by atoms with E-state index in [0.717, 1.165) is 11.4 Å². The number of carbonyl (C=O) groups excluding carboxylic acids is 1. The largest absolute Gasteiger partial charge is 0.497 e. The number of anilines is 1. The fourth-order valence-electron chi connectivity index (χ4n) is 3.19. The van der Waals surface area contributed by atoms with Gasteiger partial charge in [0.15, 0.2) is 22.4 Å². The zero-order valence-corrected chi connectivity index (χ0v) is 17.8. The van der Waals surface area contributed by atoms with Crippen LogP contribution in [0.3, 0.4) is 0 Å². The summed E-state index contributed by atoms with van der Waals surface area (Å²) < 4.78 is 23.3. The van der Waals surface area contributed by atoms with Crippen molar-refractivity contribution >= 4 is 23.4 Å². The van der Waals surface area contributed by atoms with Gasteiger partial charge in [0.05, 0.1) is 24.8 Å². The number of ether oxygens (including phenoxy) is 3. The van der Waals surface area contributed by atoms with Crippen molar-refractivity contribution in [3.63, 3.8) is 0 Å². The van der Waals surface area contributed by atoms with Crippen LogP contribution >= 0.6 is 11.8 Å². The summed E-state index contributed by atoms with van der Waals surface area (Å²) >= 11 is 1.27. The number of carbonyl (C=O) groups is 1. The highest BCUT2D eigenvalue weighted by Gasteiger charge is 2.20. The summed E-state index contributed by atoms with van der Waals surface area (Å²) in [6, 6.07) is 16.4. The van der Waals surface area contributed by atoms with Crippen LogP contribution in [0.2, 0.25) is 0 Å². The summed E-state index contributed by atoms with van der Waals surface area (Å²) in [7, 11) is 1.61. The molecular weight excluding hydrogens is 432 g/mol. The molecule has 0 bridgehead atoms. The van der Waals surface area contributed by atoms with Crippen LogP contribution in [-0.2, 0) is 4.79 Å².